The third-order valence-corrected chi connectivity index (χ3v) is 19.3. The summed E-state index contributed by atoms with van der Waals surface area (Å²) in [6, 6.07) is 20.2. The molecule has 1 amide bonds. The van der Waals surface area contributed by atoms with Crippen molar-refractivity contribution in [1.29, 1.82) is 0 Å². The summed E-state index contributed by atoms with van der Waals surface area (Å²) in [5.41, 5.74) is 4.70. The number of sulfonamides is 1. The fourth-order valence-corrected chi connectivity index (χ4v) is 15.7. The highest BCUT2D eigenvalue weighted by Crippen LogP contribution is 2.47. The molecule has 3 atom stereocenters. The fraction of sp³-hybridized carbons (Fsp3) is 0.488. The Bertz CT molecular complexity index is 1910. The van der Waals surface area contributed by atoms with Gasteiger partial charge in [-0.1, -0.05) is 89.6 Å². The SMILES string of the molecule is COCCCN1C(=O)COc2ccc(C=C[C@H]3CN(S(=O)(=O)c4ccc(C)cc4)CC(O[Si](C(C)C)(C(C)C)C(C)C)C3c3ccc(C(=O)OC)cc3)cc21. The molecule has 12 heteroatoms. The lowest BCUT2D eigenvalue weighted by molar-refractivity contribution is -0.121. The van der Waals surface area contributed by atoms with Gasteiger partial charge in [0.1, 0.15) is 5.75 Å². The number of aryl methyl sites for hydroxylation is 1. The van der Waals surface area contributed by atoms with E-state index in [1.165, 1.54) is 7.11 Å². The number of amides is 1. The number of carbonyl (C=O) groups is 2. The Kier molecular flexibility index (Phi) is 13.8. The molecular formula is C43H58N2O8SSi. The number of anilines is 1. The largest absolute Gasteiger partial charge is 0.482 e. The number of carbonyl (C=O) groups excluding carboxylic acids is 2. The average Bonchev–Trinajstić information content (AvgIpc) is 3.16. The van der Waals surface area contributed by atoms with Gasteiger partial charge >= 0.3 is 5.97 Å². The van der Waals surface area contributed by atoms with E-state index in [9.17, 15) is 18.0 Å². The number of ether oxygens (including phenoxy) is 3. The molecule has 55 heavy (non-hydrogen) atoms. The van der Waals surface area contributed by atoms with Crippen molar-refractivity contribution < 1.29 is 36.6 Å². The zero-order chi connectivity index (χ0) is 40.1. The Morgan fingerprint density at radius 2 is 1.58 bits per heavy atom. The van der Waals surface area contributed by atoms with E-state index in [-0.39, 0.29) is 59.0 Å². The Balaban J connectivity index is 1.64. The van der Waals surface area contributed by atoms with Gasteiger partial charge in [-0.25, -0.2) is 13.2 Å². The van der Waals surface area contributed by atoms with E-state index in [2.05, 4.69) is 47.6 Å². The van der Waals surface area contributed by atoms with E-state index in [1.54, 1.807) is 40.6 Å². The summed E-state index contributed by atoms with van der Waals surface area (Å²) in [7, 11) is -3.44. The molecule has 0 N–H and O–H groups in total. The molecule has 2 unspecified atom stereocenters. The van der Waals surface area contributed by atoms with Gasteiger partial charge in [0.15, 0.2) is 6.61 Å². The fourth-order valence-electron chi connectivity index (χ4n) is 8.62. The molecule has 1 fully saturated rings. The molecular weight excluding hydrogens is 733 g/mol. The lowest BCUT2D eigenvalue weighted by Gasteiger charge is -2.50. The number of esters is 1. The highest BCUT2D eigenvalue weighted by atomic mass is 32.2. The number of hydrogen-bond donors (Lipinski definition) is 0. The van der Waals surface area contributed by atoms with Crippen LogP contribution in [-0.4, -0.2) is 86.1 Å². The normalized spacial score (nSPS) is 19.7. The van der Waals surface area contributed by atoms with Crippen LogP contribution in [0.2, 0.25) is 16.6 Å². The van der Waals surface area contributed by atoms with Crippen molar-refractivity contribution in [2.75, 3.05) is 52.0 Å². The molecule has 298 valence electrons. The van der Waals surface area contributed by atoms with Gasteiger partial charge in [0.05, 0.1) is 29.4 Å². The number of nitrogens with zero attached hydrogens (tertiary/aromatic N) is 2. The van der Waals surface area contributed by atoms with E-state index in [0.29, 0.717) is 36.6 Å². The second-order valence-corrected chi connectivity index (χ2v) is 23.0. The van der Waals surface area contributed by atoms with E-state index in [1.807, 2.05) is 55.5 Å². The predicted octanol–water partition coefficient (Wildman–Crippen LogP) is 8.22. The van der Waals surface area contributed by atoms with Crippen LogP contribution < -0.4 is 9.64 Å². The quantitative estimate of drug-likeness (QED) is 0.0861. The van der Waals surface area contributed by atoms with E-state index in [4.69, 9.17) is 18.6 Å². The smallest absolute Gasteiger partial charge is 0.337 e. The molecule has 3 aromatic carbocycles. The molecule has 0 saturated carbocycles. The van der Waals surface area contributed by atoms with Gasteiger partial charge in [-0.05, 0) is 77.5 Å². The molecule has 0 aliphatic carbocycles. The molecule has 0 spiro atoms. The standard InChI is InChI=1S/C43H58N2O8SSi/c1-29(2)55(30(3)4,31(5)6)53-40-27-44(54(48,49)37-20-11-32(7)12-21-37)26-36(42(40)34-16-18-35(19-17-34)43(47)51-9)15-13-33-14-22-39-38(25-33)45(23-10-24-50-8)41(46)28-52-39/h11-22,25,29-31,36,40,42H,10,23-24,26-28H2,1-9H3/t36-,40?,42?/m0/s1. The van der Waals surface area contributed by atoms with Gasteiger partial charge in [-0.15, -0.1) is 0 Å². The number of benzene rings is 3. The molecule has 0 aromatic heterocycles. The minimum Gasteiger partial charge on any atom is -0.482 e. The summed E-state index contributed by atoms with van der Waals surface area (Å²) < 4.78 is 54.2. The first-order valence-electron chi connectivity index (χ1n) is 19.3. The van der Waals surface area contributed by atoms with E-state index >= 15 is 0 Å². The number of fused-ring (bicyclic) bond motifs is 1. The van der Waals surface area contributed by atoms with Crippen molar-refractivity contribution in [3.8, 4) is 5.75 Å². The van der Waals surface area contributed by atoms with Crippen molar-refractivity contribution in [3.05, 3.63) is 95.1 Å². The zero-order valence-corrected chi connectivity index (χ0v) is 35.6. The summed E-state index contributed by atoms with van der Waals surface area (Å²) in [6.07, 6.45) is 4.28. The zero-order valence-electron chi connectivity index (χ0n) is 33.8. The van der Waals surface area contributed by atoms with Gasteiger partial charge in [-0.2, -0.15) is 4.31 Å². The van der Waals surface area contributed by atoms with Crippen LogP contribution >= 0.6 is 0 Å². The van der Waals surface area contributed by atoms with Gasteiger partial charge in [0.2, 0.25) is 18.3 Å². The third kappa shape index (κ3) is 9.10. The van der Waals surface area contributed by atoms with Gasteiger partial charge in [0.25, 0.3) is 5.91 Å². The maximum atomic E-state index is 14.5. The molecule has 0 bridgehead atoms. The van der Waals surface area contributed by atoms with Gasteiger partial charge in [-0.3, -0.25) is 4.79 Å². The van der Waals surface area contributed by atoms with Crippen LogP contribution in [-0.2, 0) is 28.7 Å². The Morgan fingerprint density at radius 3 is 2.18 bits per heavy atom. The molecule has 1 saturated heterocycles. The van der Waals surface area contributed by atoms with E-state index in [0.717, 1.165) is 16.7 Å². The highest BCUT2D eigenvalue weighted by molar-refractivity contribution is 7.89. The second-order valence-electron chi connectivity index (χ2n) is 15.7. The van der Waals surface area contributed by atoms with Crippen molar-refractivity contribution in [3.63, 3.8) is 0 Å². The summed E-state index contributed by atoms with van der Waals surface area (Å²) in [4.78, 5) is 27.4. The van der Waals surface area contributed by atoms with Crippen LogP contribution in [0.3, 0.4) is 0 Å². The van der Waals surface area contributed by atoms with Crippen molar-refractivity contribution in [2.45, 2.75) is 88.4 Å². The highest BCUT2D eigenvalue weighted by Gasteiger charge is 2.51. The monoisotopic (exact) mass is 790 g/mol. The number of hydrogen-bond acceptors (Lipinski definition) is 8. The van der Waals surface area contributed by atoms with Crippen molar-refractivity contribution in [1.82, 2.24) is 4.31 Å². The number of methoxy groups -OCH3 is 2. The minimum atomic E-state index is -3.90. The molecule has 2 aliphatic rings. The topological polar surface area (TPSA) is 112 Å². The van der Waals surface area contributed by atoms with Crippen LogP contribution in [0.25, 0.3) is 6.08 Å². The first kappa shape index (κ1) is 42.3. The first-order chi connectivity index (χ1) is 26.1. The summed E-state index contributed by atoms with van der Waals surface area (Å²) in [5.74, 6) is -0.475. The molecule has 5 rings (SSSR count). The minimum absolute atomic E-state index is 0.0195. The van der Waals surface area contributed by atoms with Gasteiger partial charge in [0, 0.05) is 45.2 Å². The van der Waals surface area contributed by atoms with E-state index < -0.39 is 30.4 Å². The molecule has 0 radical (unpaired) electrons. The van der Waals surface area contributed by atoms with Crippen molar-refractivity contribution in [2.24, 2.45) is 5.92 Å². The molecule has 10 nitrogen and oxygen atoms in total. The van der Waals surface area contributed by atoms with Gasteiger partial charge < -0.3 is 23.5 Å². The number of rotatable bonds is 15. The summed E-state index contributed by atoms with van der Waals surface area (Å²) in [6.45, 7) is 16.7. The number of piperidine rings is 1. The van der Waals surface area contributed by atoms with Crippen LogP contribution in [0.15, 0.2) is 77.7 Å². The maximum absolute atomic E-state index is 14.5. The third-order valence-electron chi connectivity index (χ3n) is 11.3. The summed E-state index contributed by atoms with van der Waals surface area (Å²) in [5, 5.41) is 0. The van der Waals surface area contributed by atoms with Crippen LogP contribution in [0, 0.1) is 12.8 Å². The Labute approximate surface area is 329 Å². The summed E-state index contributed by atoms with van der Waals surface area (Å²) >= 11 is 0. The van der Waals surface area contributed by atoms with Crippen LogP contribution in [0.4, 0.5) is 5.69 Å². The Morgan fingerprint density at radius 1 is 0.927 bits per heavy atom. The molecule has 2 aliphatic heterocycles. The maximum Gasteiger partial charge on any atom is 0.337 e. The Hall–Kier alpha value is -3.81. The molecule has 3 aromatic rings. The lowest BCUT2D eigenvalue weighted by atomic mass is 9.78. The van der Waals surface area contributed by atoms with Crippen LogP contribution in [0.5, 0.6) is 5.75 Å². The predicted molar refractivity (Wildman–Crippen MR) is 220 cm³/mol. The molecule has 2 heterocycles. The van der Waals surface area contributed by atoms with Crippen LogP contribution in [0.1, 0.15) is 80.9 Å². The average molecular weight is 791 g/mol. The second kappa shape index (κ2) is 18.0. The van der Waals surface area contributed by atoms with Crippen molar-refractivity contribution >= 4 is 42.0 Å². The lowest BCUT2D eigenvalue weighted by Crippen LogP contribution is -2.57. The first-order valence-corrected chi connectivity index (χ1v) is 22.9.